The summed E-state index contributed by atoms with van der Waals surface area (Å²) in [4.78, 5) is 17.1. The number of benzene rings is 2. The molecule has 3 rings (SSSR count). The molecule has 0 radical (unpaired) electrons. The summed E-state index contributed by atoms with van der Waals surface area (Å²) in [5.41, 5.74) is 2.33. The summed E-state index contributed by atoms with van der Waals surface area (Å²) < 4.78 is 11.0. The van der Waals surface area contributed by atoms with E-state index in [-0.39, 0.29) is 5.91 Å². The molecular weight excluding hydrogens is 316 g/mol. The van der Waals surface area contributed by atoms with E-state index < -0.39 is 6.10 Å². The molecule has 3 aromatic rings. The zero-order chi connectivity index (χ0) is 17.8. The van der Waals surface area contributed by atoms with Crippen LogP contribution < -0.4 is 14.8 Å². The smallest absolute Gasteiger partial charge is 0.265 e. The van der Waals surface area contributed by atoms with E-state index >= 15 is 0 Å². The first kappa shape index (κ1) is 16.8. The fourth-order valence-electron chi connectivity index (χ4n) is 2.54. The van der Waals surface area contributed by atoms with E-state index in [4.69, 9.17) is 9.47 Å². The van der Waals surface area contributed by atoms with Gasteiger partial charge in [0.05, 0.1) is 18.3 Å². The molecule has 2 aromatic carbocycles. The minimum Gasteiger partial charge on any atom is -0.493 e. The molecular formula is C20H20N2O3. The van der Waals surface area contributed by atoms with Crippen molar-refractivity contribution in [2.75, 3.05) is 12.4 Å². The number of amides is 1. The van der Waals surface area contributed by atoms with E-state index in [1.807, 2.05) is 49.4 Å². The number of aromatic nitrogens is 1. The number of nitrogens with one attached hydrogen (secondary N) is 1. The van der Waals surface area contributed by atoms with Crippen LogP contribution in [0, 0.1) is 6.92 Å². The van der Waals surface area contributed by atoms with Crippen LogP contribution in [0.4, 0.5) is 5.69 Å². The van der Waals surface area contributed by atoms with Crippen LogP contribution in [0.2, 0.25) is 0 Å². The molecule has 1 N–H and O–H groups in total. The number of rotatable bonds is 5. The summed E-state index contributed by atoms with van der Waals surface area (Å²) in [7, 11) is 1.57. The van der Waals surface area contributed by atoms with Crippen LogP contribution in [-0.2, 0) is 4.79 Å². The molecule has 5 nitrogen and oxygen atoms in total. The molecule has 0 saturated heterocycles. The normalized spacial score (nSPS) is 11.8. The summed E-state index contributed by atoms with van der Waals surface area (Å²) >= 11 is 0. The average molecular weight is 336 g/mol. The number of pyridine rings is 1. The molecule has 0 bridgehead atoms. The number of carbonyl (C=O) groups is 1. The summed E-state index contributed by atoms with van der Waals surface area (Å²) in [5, 5.41) is 3.88. The Morgan fingerprint density at radius 2 is 1.80 bits per heavy atom. The van der Waals surface area contributed by atoms with Crippen LogP contribution in [0.25, 0.3) is 10.9 Å². The summed E-state index contributed by atoms with van der Waals surface area (Å²) in [6.45, 7) is 3.62. The van der Waals surface area contributed by atoms with Crippen LogP contribution in [-0.4, -0.2) is 24.1 Å². The van der Waals surface area contributed by atoms with Gasteiger partial charge < -0.3 is 14.8 Å². The lowest BCUT2D eigenvalue weighted by Crippen LogP contribution is -2.30. The van der Waals surface area contributed by atoms with Crippen molar-refractivity contribution in [2.24, 2.45) is 0 Å². The zero-order valence-corrected chi connectivity index (χ0v) is 14.4. The monoisotopic (exact) mass is 336 g/mol. The second kappa shape index (κ2) is 7.21. The predicted octanol–water partition coefficient (Wildman–Crippen LogP) is 3.96. The topological polar surface area (TPSA) is 60.5 Å². The molecule has 25 heavy (non-hydrogen) atoms. The number of ether oxygens (including phenoxy) is 2. The summed E-state index contributed by atoms with van der Waals surface area (Å²) in [5.74, 6) is 0.867. The maximum atomic E-state index is 12.5. The van der Waals surface area contributed by atoms with Gasteiger partial charge in [0.2, 0.25) is 0 Å². The molecule has 1 unspecified atom stereocenters. The minimum atomic E-state index is -0.684. The minimum absolute atomic E-state index is 0.248. The third-order valence-corrected chi connectivity index (χ3v) is 3.86. The second-order valence-corrected chi connectivity index (χ2v) is 5.73. The molecule has 0 aliphatic carbocycles. The summed E-state index contributed by atoms with van der Waals surface area (Å²) in [6, 6.07) is 16.9. The Kier molecular flexibility index (Phi) is 4.84. The van der Waals surface area contributed by atoms with Crippen LogP contribution in [0.1, 0.15) is 12.6 Å². The van der Waals surface area contributed by atoms with E-state index in [0.717, 1.165) is 16.6 Å². The number of nitrogens with zero attached hydrogens (tertiary/aromatic N) is 1. The number of hydrogen-bond donors (Lipinski definition) is 1. The van der Waals surface area contributed by atoms with Gasteiger partial charge in [-0.05, 0) is 38.1 Å². The molecule has 1 amide bonds. The fourth-order valence-corrected chi connectivity index (χ4v) is 2.54. The van der Waals surface area contributed by atoms with E-state index in [1.165, 1.54) is 0 Å². The third kappa shape index (κ3) is 3.71. The van der Waals surface area contributed by atoms with Crippen LogP contribution in [0.15, 0.2) is 54.6 Å². The van der Waals surface area contributed by atoms with Gasteiger partial charge in [-0.3, -0.25) is 9.78 Å². The van der Waals surface area contributed by atoms with Gasteiger partial charge in [0.1, 0.15) is 0 Å². The van der Waals surface area contributed by atoms with Gasteiger partial charge in [-0.15, -0.1) is 0 Å². The van der Waals surface area contributed by atoms with Gasteiger partial charge in [-0.25, -0.2) is 0 Å². The van der Waals surface area contributed by atoms with Crippen molar-refractivity contribution < 1.29 is 14.3 Å². The molecule has 0 saturated carbocycles. The van der Waals surface area contributed by atoms with Crippen molar-refractivity contribution in [2.45, 2.75) is 20.0 Å². The standard InChI is InChI=1S/C20H20N2O3/c1-13-11-12-15-7-6-8-16(19(15)21-13)22-20(23)14(2)25-18-10-5-4-9-17(18)24-3/h4-12,14H,1-3H3,(H,22,23). The quantitative estimate of drug-likeness (QED) is 0.766. The average Bonchev–Trinajstić information content (AvgIpc) is 2.62. The van der Waals surface area contributed by atoms with E-state index in [1.54, 1.807) is 26.2 Å². The molecule has 1 atom stereocenters. The van der Waals surface area contributed by atoms with Gasteiger partial charge in [0, 0.05) is 11.1 Å². The zero-order valence-electron chi connectivity index (χ0n) is 14.4. The molecule has 128 valence electrons. The number of para-hydroxylation sites is 3. The molecule has 1 heterocycles. The lowest BCUT2D eigenvalue weighted by atomic mass is 10.1. The van der Waals surface area contributed by atoms with Crippen molar-refractivity contribution >= 4 is 22.5 Å². The van der Waals surface area contributed by atoms with Gasteiger partial charge in [0.15, 0.2) is 17.6 Å². The molecule has 0 aliphatic heterocycles. The number of hydrogen-bond acceptors (Lipinski definition) is 4. The summed E-state index contributed by atoms with van der Waals surface area (Å²) in [6.07, 6.45) is -0.684. The number of fused-ring (bicyclic) bond motifs is 1. The number of anilines is 1. The Bertz CT molecular complexity index is 908. The van der Waals surface area contributed by atoms with Gasteiger partial charge in [-0.2, -0.15) is 0 Å². The van der Waals surface area contributed by atoms with Crippen LogP contribution in [0.3, 0.4) is 0 Å². The van der Waals surface area contributed by atoms with Crippen molar-refractivity contribution in [3.63, 3.8) is 0 Å². The fraction of sp³-hybridized carbons (Fsp3) is 0.200. The van der Waals surface area contributed by atoms with Gasteiger partial charge in [0.25, 0.3) is 5.91 Å². The van der Waals surface area contributed by atoms with Crippen molar-refractivity contribution in [3.8, 4) is 11.5 Å². The van der Waals surface area contributed by atoms with Crippen molar-refractivity contribution in [3.05, 3.63) is 60.3 Å². The molecule has 1 aromatic heterocycles. The largest absolute Gasteiger partial charge is 0.493 e. The lowest BCUT2D eigenvalue weighted by molar-refractivity contribution is -0.122. The Morgan fingerprint density at radius 3 is 2.56 bits per heavy atom. The number of aryl methyl sites for hydroxylation is 1. The van der Waals surface area contributed by atoms with Gasteiger partial charge in [-0.1, -0.05) is 30.3 Å². The van der Waals surface area contributed by atoms with Gasteiger partial charge >= 0.3 is 0 Å². The Labute approximate surface area is 146 Å². The van der Waals surface area contributed by atoms with Crippen molar-refractivity contribution in [1.82, 2.24) is 4.98 Å². The Hall–Kier alpha value is -3.08. The highest BCUT2D eigenvalue weighted by atomic mass is 16.5. The highest BCUT2D eigenvalue weighted by molar-refractivity contribution is 6.01. The lowest BCUT2D eigenvalue weighted by Gasteiger charge is -2.17. The number of methoxy groups -OCH3 is 1. The van der Waals surface area contributed by atoms with E-state index in [2.05, 4.69) is 10.3 Å². The Morgan fingerprint density at radius 1 is 1.04 bits per heavy atom. The van der Waals surface area contributed by atoms with Crippen LogP contribution in [0.5, 0.6) is 11.5 Å². The predicted molar refractivity (Wildman–Crippen MR) is 98.2 cm³/mol. The maximum absolute atomic E-state index is 12.5. The maximum Gasteiger partial charge on any atom is 0.265 e. The highest BCUT2D eigenvalue weighted by Crippen LogP contribution is 2.27. The molecule has 0 fully saturated rings. The molecule has 0 aliphatic rings. The SMILES string of the molecule is COc1ccccc1OC(C)C(=O)Nc1cccc2ccc(C)nc12. The van der Waals surface area contributed by atoms with E-state index in [9.17, 15) is 4.79 Å². The first-order valence-corrected chi connectivity index (χ1v) is 8.05. The Balaban J connectivity index is 1.79. The first-order valence-electron chi connectivity index (χ1n) is 8.05. The van der Waals surface area contributed by atoms with E-state index in [0.29, 0.717) is 17.2 Å². The third-order valence-electron chi connectivity index (χ3n) is 3.86. The highest BCUT2D eigenvalue weighted by Gasteiger charge is 2.18. The van der Waals surface area contributed by atoms with Crippen molar-refractivity contribution in [1.29, 1.82) is 0 Å². The first-order chi connectivity index (χ1) is 12.1. The number of carbonyl (C=O) groups excluding carboxylic acids is 1. The molecule has 5 heteroatoms. The van der Waals surface area contributed by atoms with Crippen LogP contribution >= 0.6 is 0 Å². The molecule has 0 spiro atoms. The second-order valence-electron chi connectivity index (χ2n) is 5.73.